The van der Waals surface area contributed by atoms with E-state index in [1.165, 1.54) is 27.8 Å². The summed E-state index contributed by atoms with van der Waals surface area (Å²) in [5.41, 5.74) is 0.225. The highest BCUT2D eigenvalue weighted by Gasteiger charge is 2.24. The molecule has 34 heavy (non-hydrogen) atoms. The quantitative estimate of drug-likeness (QED) is 0.387. The summed E-state index contributed by atoms with van der Waals surface area (Å²) in [5, 5.41) is 12.7. The highest BCUT2D eigenvalue weighted by Crippen LogP contribution is 2.26. The highest BCUT2D eigenvalue weighted by molar-refractivity contribution is 6.33. The zero-order valence-electron chi connectivity index (χ0n) is 18.5. The van der Waals surface area contributed by atoms with E-state index in [1.807, 2.05) is 6.92 Å². The van der Waals surface area contributed by atoms with Crippen LogP contribution in [0.3, 0.4) is 0 Å². The number of rotatable bonds is 7. The van der Waals surface area contributed by atoms with Gasteiger partial charge in [-0.1, -0.05) is 42.8 Å². The Morgan fingerprint density at radius 1 is 1.15 bits per heavy atom. The molecular weight excluding hydrogens is 461 g/mol. The lowest BCUT2D eigenvalue weighted by molar-refractivity contribution is 0.0719. The average Bonchev–Trinajstić information content (AvgIpc) is 3.28. The number of halogens is 2. The summed E-state index contributed by atoms with van der Waals surface area (Å²) in [6.45, 7) is 3.80. The smallest absolute Gasteiger partial charge is 0.278 e. The van der Waals surface area contributed by atoms with Gasteiger partial charge in [0.15, 0.2) is 5.69 Å². The first-order chi connectivity index (χ1) is 16.4. The molecule has 1 amide bonds. The lowest BCUT2D eigenvalue weighted by Gasteiger charge is -2.20. The molecule has 0 aliphatic heterocycles. The van der Waals surface area contributed by atoms with Gasteiger partial charge in [-0.25, -0.2) is 9.07 Å². The maximum absolute atomic E-state index is 14.4. The Bertz CT molecular complexity index is 1400. The molecule has 0 aliphatic carbocycles. The summed E-state index contributed by atoms with van der Waals surface area (Å²) in [5.74, 6) is -0.740. The van der Waals surface area contributed by atoms with E-state index in [9.17, 15) is 14.0 Å². The van der Waals surface area contributed by atoms with Crippen molar-refractivity contribution in [1.82, 2.24) is 24.9 Å². The molecule has 0 unspecified atom stereocenters. The van der Waals surface area contributed by atoms with Crippen molar-refractivity contribution in [3.8, 4) is 17.1 Å². The first-order valence-electron chi connectivity index (χ1n) is 10.6. The summed E-state index contributed by atoms with van der Waals surface area (Å²) in [6, 6.07) is 14.3. The van der Waals surface area contributed by atoms with Crippen molar-refractivity contribution in [1.29, 1.82) is 0 Å². The Balaban J connectivity index is 1.65. The Morgan fingerprint density at radius 3 is 2.62 bits per heavy atom. The predicted octanol–water partition coefficient (Wildman–Crippen LogP) is 4.44. The summed E-state index contributed by atoms with van der Waals surface area (Å²) in [4.78, 5) is 27.4. The van der Waals surface area contributed by atoms with Gasteiger partial charge in [0.05, 0.1) is 17.1 Å². The van der Waals surface area contributed by atoms with E-state index >= 15 is 0 Å². The van der Waals surface area contributed by atoms with Crippen LogP contribution in [0.25, 0.3) is 17.1 Å². The maximum atomic E-state index is 14.4. The number of para-hydroxylation sites is 1. The van der Waals surface area contributed by atoms with Crippen molar-refractivity contribution in [2.75, 3.05) is 6.54 Å². The van der Waals surface area contributed by atoms with Crippen LogP contribution < -0.4 is 5.43 Å². The van der Waals surface area contributed by atoms with E-state index in [-0.39, 0.29) is 29.7 Å². The molecule has 0 aliphatic rings. The summed E-state index contributed by atoms with van der Waals surface area (Å²) >= 11 is 6.20. The van der Waals surface area contributed by atoms with Crippen LogP contribution in [-0.2, 0) is 6.54 Å². The molecule has 0 saturated carbocycles. The third-order valence-electron chi connectivity index (χ3n) is 5.07. The number of hydrogen-bond acceptors (Lipinski definition) is 6. The van der Waals surface area contributed by atoms with E-state index < -0.39 is 17.2 Å². The van der Waals surface area contributed by atoms with E-state index in [1.54, 1.807) is 43.3 Å². The van der Waals surface area contributed by atoms with Crippen molar-refractivity contribution < 1.29 is 13.6 Å². The Morgan fingerprint density at radius 2 is 1.88 bits per heavy atom. The van der Waals surface area contributed by atoms with Gasteiger partial charge in [-0.2, -0.15) is 5.10 Å². The third-order valence-corrected chi connectivity index (χ3v) is 5.40. The standard InChI is InChI=1S/C24H21ClFN5O3/c1-3-12-30(14-21-27-28-23(34-21)16-8-4-5-9-17(16)25)24(33)22-20(32)13-15(2)31(29-22)19-11-7-6-10-18(19)26/h4-11,13H,3,12,14H2,1-2H3. The SMILES string of the molecule is CCCN(Cc1nnc(-c2ccccc2Cl)o1)C(=O)c1nn(-c2ccccc2F)c(C)cc1=O. The highest BCUT2D eigenvalue weighted by atomic mass is 35.5. The van der Waals surface area contributed by atoms with Crippen molar-refractivity contribution in [3.63, 3.8) is 0 Å². The number of benzene rings is 2. The van der Waals surface area contributed by atoms with Crippen LogP contribution in [0.4, 0.5) is 4.39 Å². The Hall–Kier alpha value is -3.85. The third kappa shape index (κ3) is 4.74. The second kappa shape index (κ2) is 9.96. The molecule has 4 aromatic rings. The van der Waals surface area contributed by atoms with Crippen molar-refractivity contribution in [3.05, 3.63) is 92.9 Å². The molecule has 10 heteroatoms. The van der Waals surface area contributed by atoms with Crippen LogP contribution in [0.15, 0.2) is 63.8 Å². The van der Waals surface area contributed by atoms with Crippen LogP contribution in [0.2, 0.25) is 5.02 Å². The summed E-state index contributed by atoms with van der Waals surface area (Å²) in [7, 11) is 0. The van der Waals surface area contributed by atoms with E-state index in [0.29, 0.717) is 29.2 Å². The van der Waals surface area contributed by atoms with Gasteiger partial charge in [-0.15, -0.1) is 10.2 Å². The Kier molecular flexibility index (Phi) is 6.83. The molecule has 0 fully saturated rings. The normalized spacial score (nSPS) is 10.9. The van der Waals surface area contributed by atoms with Gasteiger partial charge in [0.1, 0.15) is 11.5 Å². The van der Waals surface area contributed by atoms with Crippen LogP contribution in [0, 0.1) is 12.7 Å². The molecule has 2 aromatic heterocycles. The van der Waals surface area contributed by atoms with Gasteiger partial charge in [-0.05, 0) is 37.6 Å². The fourth-order valence-corrected chi connectivity index (χ4v) is 3.68. The average molecular weight is 482 g/mol. The summed E-state index contributed by atoms with van der Waals surface area (Å²) in [6.07, 6.45) is 0.616. The van der Waals surface area contributed by atoms with E-state index in [4.69, 9.17) is 16.0 Å². The number of carbonyl (C=O) groups is 1. The van der Waals surface area contributed by atoms with E-state index in [2.05, 4.69) is 15.3 Å². The number of carbonyl (C=O) groups excluding carboxylic acids is 1. The molecule has 0 saturated heterocycles. The molecular formula is C24H21ClFN5O3. The second-order valence-electron chi connectivity index (χ2n) is 7.57. The van der Waals surface area contributed by atoms with Crippen LogP contribution >= 0.6 is 11.6 Å². The number of hydrogen-bond donors (Lipinski definition) is 0. The topological polar surface area (TPSA) is 94.1 Å². The van der Waals surface area contributed by atoms with Gasteiger partial charge in [0, 0.05) is 18.3 Å². The van der Waals surface area contributed by atoms with Gasteiger partial charge >= 0.3 is 0 Å². The minimum absolute atomic E-state index is 0.0289. The minimum Gasteiger partial charge on any atom is -0.419 e. The minimum atomic E-state index is -0.616. The number of amides is 1. The number of nitrogens with zero attached hydrogens (tertiary/aromatic N) is 5. The molecule has 0 radical (unpaired) electrons. The van der Waals surface area contributed by atoms with Gasteiger partial charge < -0.3 is 9.32 Å². The zero-order valence-corrected chi connectivity index (χ0v) is 19.3. The molecule has 2 aromatic carbocycles. The summed E-state index contributed by atoms with van der Waals surface area (Å²) < 4.78 is 21.3. The predicted molar refractivity (Wildman–Crippen MR) is 124 cm³/mol. The molecule has 174 valence electrons. The molecule has 0 N–H and O–H groups in total. The lowest BCUT2D eigenvalue weighted by atomic mass is 10.2. The fourth-order valence-electron chi connectivity index (χ4n) is 3.46. The zero-order chi connectivity index (χ0) is 24.2. The largest absolute Gasteiger partial charge is 0.419 e. The van der Waals surface area contributed by atoms with Crippen LogP contribution in [0.5, 0.6) is 0 Å². The number of aromatic nitrogens is 4. The molecule has 0 bridgehead atoms. The van der Waals surface area contributed by atoms with Crippen LogP contribution in [-0.4, -0.2) is 37.3 Å². The maximum Gasteiger partial charge on any atom is 0.278 e. The number of aryl methyl sites for hydroxylation is 1. The molecule has 0 atom stereocenters. The lowest BCUT2D eigenvalue weighted by Crippen LogP contribution is -2.36. The van der Waals surface area contributed by atoms with Crippen molar-refractivity contribution in [2.24, 2.45) is 0 Å². The first kappa shape index (κ1) is 23.3. The molecule has 4 rings (SSSR count). The van der Waals surface area contributed by atoms with Crippen LogP contribution in [0.1, 0.15) is 35.4 Å². The fraction of sp³-hybridized carbons (Fsp3) is 0.208. The molecule has 2 heterocycles. The van der Waals surface area contributed by atoms with E-state index in [0.717, 1.165) is 0 Å². The van der Waals surface area contributed by atoms with Gasteiger partial charge in [-0.3, -0.25) is 9.59 Å². The molecule has 0 spiro atoms. The van der Waals surface area contributed by atoms with Crippen molar-refractivity contribution in [2.45, 2.75) is 26.8 Å². The van der Waals surface area contributed by atoms with Gasteiger partial charge in [0.2, 0.25) is 17.2 Å². The monoisotopic (exact) mass is 481 g/mol. The van der Waals surface area contributed by atoms with Gasteiger partial charge in [0.25, 0.3) is 5.91 Å². The first-order valence-corrected chi connectivity index (χ1v) is 11.0. The second-order valence-corrected chi connectivity index (χ2v) is 7.98. The van der Waals surface area contributed by atoms with Crippen molar-refractivity contribution >= 4 is 17.5 Å². The molecule has 8 nitrogen and oxygen atoms in total. The Labute approximate surface area is 199 Å².